The Bertz CT molecular complexity index is 818. The number of carbonyl (C=O) groups excluding carboxylic acids is 1. The molecule has 0 aliphatic heterocycles. The predicted molar refractivity (Wildman–Crippen MR) is 127 cm³/mol. The zero-order valence-electron chi connectivity index (χ0n) is 16.3. The van der Waals surface area contributed by atoms with E-state index in [0.717, 1.165) is 36.2 Å². The van der Waals surface area contributed by atoms with Gasteiger partial charge in [0.15, 0.2) is 5.96 Å². The molecule has 3 rings (SSSR count). The van der Waals surface area contributed by atoms with Crippen molar-refractivity contribution in [1.82, 2.24) is 0 Å². The first-order valence-electron chi connectivity index (χ1n) is 9.72. The average Bonchev–Trinajstić information content (AvgIpc) is 2.68. The molecular weight excluding hydrogens is 463 g/mol. The van der Waals surface area contributed by atoms with Crippen molar-refractivity contribution < 1.29 is 4.79 Å². The summed E-state index contributed by atoms with van der Waals surface area (Å²) in [6.45, 7) is 2.49. The first-order valence-corrected chi connectivity index (χ1v) is 9.72. The Morgan fingerprint density at radius 2 is 1.82 bits per heavy atom. The number of nitrogens with zero attached hydrogens (tertiary/aromatic N) is 1. The summed E-state index contributed by atoms with van der Waals surface area (Å²) in [4.78, 5) is 16.1. The van der Waals surface area contributed by atoms with E-state index < -0.39 is 0 Å². The van der Waals surface area contributed by atoms with Crippen LogP contribution in [0.2, 0.25) is 0 Å². The number of carbonyl (C=O) groups is 1. The second kappa shape index (κ2) is 11.0. The number of hydrogen-bond donors (Lipinski definition) is 3. The number of amides is 1. The second-order valence-electron chi connectivity index (χ2n) is 6.97. The van der Waals surface area contributed by atoms with E-state index in [2.05, 4.69) is 33.8 Å². The maximum Gasteiger partial charge on any atom is 0.224 e. The van der Waals surface area contributed by atoms with Crippen LogP contribution in [0.5, 0.6) is 0 Å². The first-order chi connectivity index (χ1) is 13.2. The van der Waals surface area contributed by atoms with Gasteiger partial charge in [-0.1, -0.05) is 31.2 Å². The van der Waals surface area contributed by atoms with Crippen LogP contribution in [0.15, 0.2) is 47.5 Å². The minimum absolute atomic E-state index is 0. The molecule has 0 bridgehead atoms. The summed E-state index contributed by atoms with van der Waals surface area (Å²) in [6.07, 6.45) is 6.10. The summed E-state index contributed by atoms with van der Waals surface area (Å²) in [6, 6.07) is 14.1. The number of aryl methyl sites for hydroxylation is 1. The molecule has 0 spiro atoms. The Hall–Kier alpha value is -2.09. The zero-order valence-corrected chi connectivity index (χ0v) is 18.7. The molecule has 150 valence electrons. The quantitative estimate of drug-likeness (QED) is 0.307. The first kappa shape index (κ1) is 22.2. The molecule has 6 heteroatoms. The molecule has 0 fully saturated rings. The lowest BCUT2D eigenvalue weighted by atomic mass is 9.90. The van der Waals surface area contributed by atoms with Crippen molar-refractivity contribution in [2.45, 2.75) is 52.0 Å². The van der Waals surface area contributed by atoms with Crippen molar-refractivity contribution >= 4 is 47.2 Å². The molecule has 1 aliphatic rings. The molecule has 0 radical (unpaired) electrons. The average molecular weight is 492 g/mol. The summed E-state index contributed by atoms with van der Waals surface area (Å²) in [7, 11) is 0. The third-order valence-corrected chi connectivity index (χ3v) is 4.81. The number of benzene rings is 2. The Kier molecular flexibility index (Phi) is 8.76. The van der Waals surface area contributed by atoms with E-state index >= 15 is 0 Å². The fourth-order valence-corrected chi connectivity index (χ4v) is 3.40. The van der Waals surface area contributed by atoms with Crippen LogP contribution < -0.4 is 16.4 Å². The van der Waals surface area contributed by atoms with Gasteiger partial charge in [-0.3, -0.25) is 4.79 Å². The van der Waals surface area contributed by atoms with Gasteiger partial charge in [0.1, 0.15) is 0 Å². The number of guanidine groups is 1. The highest BCUT2D eigenvalue weighted by Gasteiger charge is 2.13. The van der Waals surface area contributed by atoms with Crippen molar-refractivity contribution in [1.29, 1.82) is 0 Å². The molecule has 0 heterocycles. The monoisotopic (exact) mass is 492 g/mol. The normalized spacial score (nSPS) is 13.2. The highest BCUT2D eigenvalue weighted by Crippen LogP contribution is 2.27. The summed E-state index contributed by atoms with van der Waals surface area (Å²) < 4.78 is 0. The molecule has 2 aromatic carbocycles. The fourth-order valence-electron chi connectivity index (χ4n) is 3.40. The van der Waals surface area contributed by atoms with Gasteiger partial charge in [-0.25, -0.2) is 4.99 Å². The van der Waals surface area contributed by atoms with Crippen LogP contribution in [0.3, 0.4) is 0 Å². The molecule has 28 heavy (non-hydrogen) atoms. The van der Waals surface area contributed by atoms with Crippen molar-refractivity contribution in [2.75, 3.05) is 10.6 Å². The fraction of sp³-hybridized carbons (Fsp3) is 0.364. The third kappa shape index (κ3) is 6.22. The lowest BCUT2D eigenvalue weighted by molar-refractivity contribution is -0.116. The van der Waals surface area contributed by atoms with Gasteiger partial charge >= 0.3 is 0 Å². The maximum absolute atomic E-state index is 11.6. The summed E-state index contributed by atoms with van der Waals surface area (Å²) >= 11 is 0. The molecule has 4 N–H and O–H groups in total. The molecule has 0 unspecified atom stereocenters. The molecule has 0 saturated carbocycles. The Morgan fingerprint density at radius 1 is 1.07 bits per heavy atom. The van der Waals surface area contributed by atoms with E-state index in [-0.39, 0.29) is 29.9 Å². The third-order valence-electron chi connectivity index (χ3n) is 4.81. The van der Waals surface area contributed by atoms with E-state index in [1.54, 1.807) is 0 Å². The van der Waals surface area contributed by atoms with Crippen LogP contribution in [0, 0.1) is 0 Å². The minimum Gasteiger partial charge on any atom is -0.370 e. The van der Waals surface area contributed by atoms with Crippen LogP contribution >= 0.6 is 24.0 Å². The standard InChI is InChI=1S/C22H28N4O.HI/c1-2-6-21(27)25-18-13-11-16(12-14-18)15-24-22(23)26-20-10-5-8-17-7-3-4-9-19(17)20;/h5,8,10-14H,2-4,6-7,9,15H2,1H3,(H,25,27)(H3,23,24,26);1H. The molecule has 1 aliphatic carbocycles. The molecule has 1 amide bonds. The lowest BCUT2D eigenvalue weighted by Gasteiger charge is -2.19. The number of nitrogens with one attached hydrogen (secondary N) is 2. The SMILES string of the molecule is CCCC(=O)Nc1ccc(CN=C(N)Nc2cccc3c2CCCC3)cc1.I. The zero-order chi connectivity index (χ0) is 19.1. The molecular formula is C22H29IN4O. The maximum atomic E-state index is 11.6. The lowest BCUT2D eigenvalue weighted by Crippen LogP contribution is -2.24. The number of aliphatic imine (C=N–C) groups is 1. The number of halogens is 1. The van der Waals surface area contributed by atoms with E-state index in [4.69, 9.17) is 5.73 Å². The summed E-state index contributed by atoms with van der Waals surface area (Å²) in [5.74, 6) is 0.470. The number of rotatable bonds is 6. The van der Waals surface area contributed by atoms with E-state index in [9.17, 15) is 4.79 Å². The smallest absolute Gasteiger partial charge is 0.224 e. The van der Waals surface area contributed by atoms with Gasteiger partial charge in [-0.2, -0.15) is 0 Å². The van der Waals surface area contributed by atoms with Crippen LogP contribution in [0.25, 0.3) is 0 Å². The second-order valence-corrected chi connectivity index (χ2v) is 6.97. The topological polar surface area (TPSA) is 79.5 Å². The molecule has 0 atom stereocenters. The molecule has 5 nitrogen and oxygen atoms in total. The van der Waals surface area contributed by atoms with Crippen LogP contribution in [-0.4, -0.2) is 11.9 Å². The van der Waals surface area contributed by atoms with Crippen LogP contribution in [-0.2, 0) is 24.2 Å². The van der Waals surface area contributed by atoms with Gasteiger partial charge in [0.05, 0.1) is 6.54 Å². The highest BCUT2D eigenvalue weighted by molar-refractivity contribution is 14.0. The van der Waals surface area contributed by atoms with Gasteiger partial charge in [-0.15, -0.1) is 24.0 Å². The van der Waals surface area contributed by atoms with Crippen LogP contribution in [0.1, 0.15) is 49.3 Å². The Balaban J connectivity index is 0.00000280. The number of nitrogens with two attached hydrogens (primary N) is 1. The van der Waals surface area contributed by atoms with Gasteiger partial charge in [0.2, 0.25) is 5.91 Å². The summed E-state index contributed by atoms with van der Waals surface area (Å²) in [5.41, 5.74) is 11.8. The van der Waals surface area contributed by atoms with Gasteiger partial charge in [0, 0.05) is 17.8 Å². The van der Waals surface area contributed by atoms with Crippen molar-refractivity contribution in [3.8, 4) is 0 Å². The van der Waals surface area contributed by atoms with Gasteiger partial charge in [0.25, 0.3) is 0 Å². The number of hydrogen-bond acceptors (Lipinski definition) is 2. The van der Waals surface area contributed by atoms with E-state index in [0.29, 0.717) is 18.9 Å². The molecule has 2 aromatic rings. The number of fused-ring (bicyclic) bond motifs is 1. The largest absolute Gasteiger partial charge is 0.370 e. The molecule has 0 saturated heterocycles. The van der Waals surface area contributed by atoms with Gasteiger partial charge in [-0.05, 0) is 67.0 Å². The summed E-state index contributed by atoms with van der Waals surface area (Å²) in [5, 5.41) is 6.15. The number of anilines is 2. The Labute approximate surface area is 184 Å². The van der Waals surface area contributed by atoms with Crippen molar-refractivity contribution in [3.05, 3.63) is 59.2 Å². The molecule has 0 aromatic heterocycles. The minimum atomic E-state index is 0. The predicted octanol–water partition coefficient (Wildman–Crippen LogP) is 4.85. The van der Waals surface area contributed by atoms with Gasteiger partial charge < -0.3 is 16.4 Å². The van der Waals surface area contributed by atoms with Crippen LogP contribution in [0.4, 0.5) is 11.4 Å². The van der Waals surface area contributed by atoms with E-state index in [1.807, 2.05) is 31.2 Å². The Morgan fingerprint density at radius 3 is 2.57 bits per heavy atom. The van der Waals surface area contributed by atoms with Crippen molar-refractivity contribution in [3.63, 3.8) is 0 Å². The highest BCUT2D eigenvalue weighted by atomic mass is 127. The van der Waals surface area contributed by atoms with Crippen molar-refractivity contribution in [2.24, 2.45) is 10.7 Å². The van der Waals surface area contributed by atoms with E-state index in [1.165, 1.54) is 24.0 Å².